The van der Waals surface area contributed by atoms with Crippen LogP contribution in [0.15, 0.2) is 36.9 Å². The summed E-state index contributed by atoms with van der Waals surface area (Å²) in [6.07, 6.45) is 5.55. The summed E-state index contributed by atoms with van der Waals surface area (Å²) in [4.78, 5) is 4.04. The van der Waals surface area contributed by atoms with E-state index in [4.69, 9.17) is 4.74 Å². The van der Waals surface area contributed by atoms with Crippen molar-refractivity contribution in [2.24, 2.45) is 5.92 Å². The molecule has 0 amide bonds. The highest BCUT2D eigenvalue weighted by atomic mass is 16.5. The molecule has 0 bridgehead atoms. The lowest BCUT2D eigenvalue weighted by atomic mass is 9.86. The molecule has 2 atom stereocenters. The Balaban J connectivity index is 1.93. The van der Waals surface area contributed by atoms with Gasteiger partial charge in [0.1, 0.15) is 18.3 Å². The molecule has 1 aromatic heterocycles. The highest BCUT2D eigenvalue weighted by Crippen LogP contribution is 2.41. The van der Waals surface area contributed by atoms with Gasteiger partial charge in [-0.25, -0.2) is 9.67 Å². The second kappa shape index (κ2) is 5.37. The molecule has 1 saturated heterocycles. The molecular weight excluding hydrogens is 250 g/mol. The van der Waals surface area contributed by atoms with E-state index >= 15 is 0 Å². The van der Waals surface area contributed by atoms with E-state index in [1.54, 1.807) is 12.7 Å². The average molecular weight is 271 g/mol. The summed E-state index contributed by atoms with van der Waals surface area (Å²) in [5.74, 6) is 0.625. The minimum atomic E-state index is -0.262. The molecule has 1 aromatic carbocycles. The van der Waals surface area contributed by atoms with E-state index in [-0.39, 0.29) is 5.60 Å². The van der Waals surface area contributed by atoms with Crippen LogP contribution in [0, 0.1) is 12.8 Å². The van der Waals surface area contributed by atoms with Crippen LogP contribution >= 0.6 is 0 Å². The third kappa shape index (κ3) is 2.48. The summed E-state index contributed by atoms with van der Waals surface area (Å²) >= 11 is 0. The fourth-order valence-electron chi connectivity index (χ4n) is 2.96. The monoisotopic (exact) mass is 271 g/mol. The smallest absolute Gasteiger partial charge is 0.137 e. The van der Waals surface area contributed by atoms with E-state index < -0.39 is 0 Å². The molecule has 0 N–H and O–H groups in total. The van der Waals surface area contributed by atoms with Crippen molar-refractivity contribution in [3.05, 3.63) is 48.0 Å². The molecule has 0 unspecified atom stereocenters. The Morgan fingerprint density at radius 3 is 2.75 bits per heavy atom. The van der Waals surface area contributed by atoms with E-state index in [2.05, 4.69) is 48.2 Å². The van der Waals surface area contributed by atoms with Crippen LogP contribution in [0.1, 0.15) is 30.9 Å². The molecule has 106 valence electrons. The first-order valence-corrected chi connectivity index (χ1v) is 7.25. The van der Waals surface area contributed by atoms with Crippen molar-refractivity contribution in [1.82, 2.24) is 14.8 Å². The lowest BCUT2D eigenvalue weighted by Crippen LogP contribution is -2.31. The van der Waals surface area contributed by atoms with Gasteiger partial charge in [-0.15, -0.1) is 0 Å². The molecule has 1 aliphatic heterocycles. The minimum absolute atomic E-state index is 0.262. The molecular formula is C16H21N3O. The van der Waals surface area contributed by atoms with Crippen LogP contribution in [-0.4, -0.2) is 21.4 Å². The van der Waals surface area contributed by atoms with E-state index in [0.29, 0.717) is 5.92 Å². The zero-order valence-electron chi connectivity index (χ0n) is 12.1. The van der Waals surface area contributed by atoms with E-state index in [9.17, 15) is 0 Å². The summed E-state index contributed by atoms with van der Waals surface area (Å²) in [6, 6.07) is 8.68. The first-order valence-electron chi connectivity index (χ1n) is 7.25. The van der Waals surface area contributed by atoms with Crippen molar-refractivity contribution < 1.29 is 4.74 Å². The summed E-state index contributed by atoms with van der Waals surface area (Å²) in [7, 11) is 0. The van der Waals surface area contributed by atoms with Crippen LogP contribution in [0.3, 0.4) is 0 Å². The standard InChI is InChI=1S/C16H21N3O/c1-3-14-8-16(20-9-14,10-19-12-17-11-18-19)15-6-4-13(2)5-7-15/h4-7,11-12,14H,3,8-10H2,1-2H3/t14-,16+/m0/s1. The van der Waals surface area contributed by atoms with Crippen LogP contribution in [0.25, 0.3) is 0 Å². The second-order valence-electron chi connectivity index (χ2n) is 5.74. The number of hydrogen-bond acceptors (Lipinski definition) is 3. The number of nitrogens with zero attached hydrogens (tertiary/aromatic N) is 3. The van der Waals surface area contributed by atoms with Crippen LogP contribution in [0.5, 0.6) is 0 Å². The van der Waals surface area contributed by atoms with E-state index in [0.717, 1.165) is 26.0 Å². The lowest BCUT2D eigenvalue weighted by Gasteiger charge is -2.29. The Hall–Kier alpha value is -1.68. The Labute approximate surface area is 119 Å². The Morgan fingerprint density at radius 2 is 2.15 bits per heavy atom. The van der Waals surface area contributed by atoms with E-state index in [1.807, 2.05) is 4.68 Å². The Morgan fingerprint density at radius 1 is 1.35 bits per heavy atom. The lowest BCUT2D eigenvalue weighted by molar-refractivity contribution is -0.0177. The molecule has 1 aliphatic rings. The van der Waals surface area contributed by atoms with Crippen molar-refractivity contribution >= 4 is 0 Å². The topological polar surface area (TPSA) is 39.9 Å². The number of aromatic nitrogens is 3. The second-order valence-corrected chi connectivity index (χ2v) is 5.74. The Bertz CT molecular complexity index is 550. The molecule has 4 heteroatoms. The first-order chi connectivity index (χ1) is 9.72. The maximum atomic E-state index is 6.25. The van der Waals surface area contributed by atoms with Crippen LogP contribution < -0.4 is 0 Å². The first kappa shape index (κ1) is 13.3. The van der Waals surface area contributed by atoms with Gasteiger partial charge in [-0.3, -0.25) is 0 Å². The van der Waals surface area contributed by atoms with Crippen molar-refractivity contribution in [3.63, 3.8) is 0 Å². The average Bonchev–Trinajstić information content (AvgIpc) is 3.10. The number of benzene rings is 1. The van der Waals surface area contributed by atoms with E-state index in [1.165, 1.54) is 11.1 Å². The maximum Gasteiger partial charge on any atom is 0.137 e. The van der Waals surface area contributed by atoms with Gasteiger partial charge in [0, 0.05) is 0 Å². The maximum absolute atomic E-state index is 6.25. The molecule has 0 saturated carbocycles. The molecule has 2 heterocycles. The molecule has 0 aliphatic carbocycles. The summed E-state index contributed by atoms with van der Waals surface area (Å²) in [5, 5.41) is 4.24. The van der Waals surface area contributed by atoms with Crippen LogP contribution in [-0.2, 0) is 16.9 Å². The predicted octanol–water partition coefficient (Wildman–Crippen LogP) is 2.93. The van der Waals surface area contributed by atoms with Gasteiger partial charge in [0.05, 0.1) is 13.2 Å². The normalized spacial score (nSPS) is 26.0. The van der Waals surface area contributed by atoms with Gasteiger partial charge in [-0.05, 0) is 24.8 Å². The zero-order valence-corrected chi connectivity index (χ0v) is 12.1. The predicted molar refractivity (Wildman–Crippen MR) is 77.2 cm³/mol. The van der Waals surface area contributed by atoms with Gasteiger partial charge in [0.15, 0.2) is 0 Å². The third-order valence-electron chi connectivity index (χ3n) is 4.25. The highest BCUT2D eigenvalue weighted by Gasteiger charge is 2.41. The van der Waals surface area contributed by atoms with Crippen LogP contribution in [0.4, 0.5) is 0 Å². The largest absolute Gasteiger partial charge is 0.368 e. The molecule has 2 aromatic rings. The van der Waals surface area contributed by atoms with Gasteiger partial charge < -0.3 is 4.74 Å². The molecule has 0 spiro atoms. The van der Waals surface area contributed by atoms with Gasteiger partial charge in [0.25, 0.3) is 0 Å². The molecule has 3 rings (SSSR count). The quantitative estimate of drug-likeness (QED) is 0.858. The van der Waals surface area contributed by atoms with Gasteiger partial charge >= 0.3 is 0 Å². The fraction of sp³-hybridized carbons (Fsp3) is 0.500. The third-order valence-corrected chi connectivity index (χ3v) is 4.25. The number of rotatable bonds is 4. The summed E-state index contributed by atoms with van der Waals surface area (Å²) < 4.78 is 8.13. The summed E-state index contributed by atoms with van der Waals surface area (Å²) in [5.41, 5.74) is 2.26. The fourth-order valence-corrected chi connectivity index (χ4v) is 2.96. The van der Waals surface area contributed by atoms with Gasteiger partial charge in [-0.1, -0.05) is 43.2 Å². The minimum Gasteiger partial charge on any atom is -0.368 e. The van der Waals surface area contributed by atoms with Crippen LogP contribution in [0.2, 0.25) is 0 Å². The Kier molecular flexibility index (Phi) is 3.57. The number of hydrogen-bond donors (Lipinski definition) is 0. The molecule has 20 heavy (non-hydrogen) atoms. The zero-order chi connectivity index (χ0) is 14.0. The summed E-state index contributed by atoms with van der Waals surface area (Å²) in [6.45, 7) is 5.90. The van der Waals surface area contributed by atoms with Crippen molar-refractivity contribution in [1.29, 1.82) is 0 Å². The van der Waals surface area contributed by atoms with Crippen molar-refractivity contribution in [2.75, 3.05) is 6.61 Å². The number of aryl methyl sites for hydroxylation is 1. The molecule has 1 fully saturated rings. The van der Waals surface area contributed by atoms with Crippen molar-refractivity contribution in [3.8, 4) is 0 Å². The highest BCUT2D eigenvalue weighted by molar-refractivity contribution is 5.27. The molecule has 4 nitrogen and oxygen atoms in total. The van der Waals surface area contributed by atoms with Crippen molar-refractivity contribution in [2.45, 2.75) is 38.8 Å². The number of ether oxygens (including phenoxy) is 1. The van der Waals surface area contributed by atoms with Gasteiger partial charge in [-0.2, -0.15) is 5.10 Å². The molecule has 0 radical (unpaired) electrons. The SMILES string of the molecule is CC[C@@H]1CO[C@](Cn2cncn2)(c2ccc(C)cc2)C1. The van der Waals surface area contributed by atoms with Gasteiger partial charge in [0.2, 0.25) is 0 Å².